The first-order valence-electron chi connectivity index (χ1n) is 7.08. The molecule has 106 valence electrons. The highest BCUT2D eigenvalue weighted by Crippen LogP contribution is 2.27. The highest BCUT2D eigenvalue weighted by atomic mass is 15.0. The summed E-state index contributed by atoms with van der Waals surface area (Å²) in [4.78, 5) is 13.7. The molecule has 0 aliphatic heterocycles. The van der Waals surface area contributed by atoms with E-state index in [1.807, 2.05) is 19.2 Å². The Morgan fingerprint density at radius 1 is 1.15 bits per heavy atom. The van der Waals surface area contributed by atoms with Crippen LogP contribution in [0.1, 0.15) is 43.8 Å². The van der Waals surface area contributed by atoms with E-state index >= 15 is 0 Å². The molecule has 0 radical (unpaired) electrons. The van der Waals surface area contributed by atoms with E-state index in [1.54, 1.807) is 0 Å². The van der Waals surface area contributed by atoms with Crippen LogP contribution in [0, 0.1) is 13.8 Å². The van der Waals surface area contributed by atoms with Crippen molar-refractivity contribution in [3.05, 3.63) is 35.4 Å². The fraction of sp³-hybridized carbons (Fsp3) is 0.438. The highest BCUT2D eigenvalue weighted by molar-refractivity contribution is 5.67. The van der Waals surface area contributed by atoms with Crippen LogP contribution >= 0.6 is 0 Å². The summed E-state index contributed by atoms with van der Waals surface area (Å²) < 4.78 is 0. The van der Waals surface area contributed by atoms with Gasteiger partial charge in [-0.3, -0.25) is 4.98 Å². The van der Waals surface area contributed by atoms with Crippen LogP contribution < -0.4 is 5.32 Å². The zero-order valence-corrected chi connectivity index (χ0v) is 12.9. The van der Waals surface area contributed by atoms with Crippen LogP contribution in [0.4, 0.5) is 5.82 Å². The average Bonchev–Trinajstić information content (AvgIpc) is 2.42. The van der Waals surface area contributed by atoms with Gasteiger partial charge in [-0.2, -0.15) is 0 Å². The van der Waals surface area contributed by atoms with Crippen molar-refractivity contribution in [2.24, 2.45) is 0 Å². The highest BCUT2D eigenvalue weighted by Gasteiger charge is 2.14. The molecule has 2 heterocycles. The second-order valence-corrected chi connectivity index (χ2v) is 5.28. The van der Waals surface area contributed by atoms with Crippen LogP contribution in [0.15, 0.2) is 18.3 Å². The summed E-state index contributed by atoms with van der Waals surface area (Å²) in [7, 11) is 0. The number of hydrogen-bond acceptors (Lipinski definition) is 4. The summed E-state index contributed by atoms with van der Waals surface area (Å²) in [5.41, 5.74) is 4.09. The normalized spacial score (nSPS) is 10.9. The summed E-state index contributed by atoms with van der Waals surface area (Å²) in [6, 6.07) is 4.08. The van der Waals surface area contributed by atoms with Gasteiger partial charge in [0.1, 0.15) is 11.6 Å². The van der Waals surface area contributed by atoms with Gasteiger partial charge in [0.25, 0.3) is 0 Å². The molecule has 0 spiro atoms. The van der Waals surface area contributed by atoms with Gasteiger partial charge in [0, 0.05) is 35.5 Å². The van der Waals surface area contributed by atoms with Gasteiger partial charge in [-0.05, 0) is 32.9 Å². The average molecular weight is 270 g/mol. The Kier molecular flexibility index (Phi) is 4.32. The van der Waals surface area contributed by atoms with Crippen molar-refractivity contribution in [1.29, 1.82) is 0 Å². The van der Waals surface area contributed by atoms with E-state index < -0.39 is 0 Å². The van der Waals surface area contributed by atoms with Gasteiger partial charge in [-0.15, -0.1) is 0 Å². The van der Waals surface area contributed by atoms with Gasteiger partial charge >= 0.3 is 0 Å². The molecule has 0 aliphatic carbocycles. The van der Waals surface area contributed by atoms with Crippen LogP contribution in [0.5, 0.6) is 0 Å². The van der Waals surface area contributed by atoms with Gasteiger partial charge in [-0.25, -0.2) is 9.97 Å². The molecule has 0 saturated carbocycles. The third-order valence-electron chi connectivity index (χ3n) is 3.21. The topological polar surface area (TPSA) is 50.7 Å². The number of anilines is 1. The minimum absolute atomic E-state index is 0.296. The number of nitrogens with zero attached hydrogens (tertiary/aromatic N) is 3. The van der Waals surface area contributed by atoms with E-state index in [0.29, 0.717) is 5.92 Å². The van der Waals surface area contributed by atoms with E-state index in [-0.39, 0.29) is 0 Å². The Bertz CT molecular complexity index is 588. The lowest BCUT2D eigenvalue weighted by Gasteiger charge is -2.15. The summed E-state index contributed by atoms with van der Waals surface area (Å²) in [6.07, 6.45) is 1.88. The van der Waals surface area contributed by atoms with E-state index in [1.165, 1.54) is 0 Å². The molecule has 0 fully saturated rings. The quantitative estimate of drug-likeness (QED) is 0.920. The molecule has 0 atom stereocenters. The Hall–Kier alpha value is -1.97. The standard InChI is InChI=1S/C16H22N4/c1-6-17-16-12(5)14(19-15(20-16)10(2)3)13-8-7-11(4)18-9-13/h7-10H,6H2,1-5H3,(H,17,19,20). The summed E-state index contributed by atoms with van der Waals surface area (Å²) in [5.74, 6) is 2.08. The van der Waals surface area contributed by atoms with Crippen molar-refractivity contribution in [3.8, 4) is 11.3 Å². The molecule has 2 aromatic rings. The Labute approximate surface area is 120 Å². The van der Waals surface area contributed by atoms with Crippen LogP contribution in [-0.4, -0.2) is 21.5 Å². The fourth-order valence-electron chi connectivity index (χ4n) is 2.02. The van der Waals surface area contributed by atoms with E-state index in [4.69, 9.17) is 4.98 Å². The van der Waals surface area contributed by atoms with Crippen molar-refractivity contribution in [2.45, 2.75) is 40.5 Å². The van der Waals surface area contributed by atoms with Gasteiger partial charge in [0.05, 0.1) is 5.69 Å². The summed E-state index contributed by atoms with van der Waals surface area (Å²) in [5, 5.41) is 3.32. The molecule has 0 aromatic carbocycles. The Morgan fingerprint density at radius 3 is 2.45 bits per heavy atom. The lowest BCUT2D eigenvalue weighted by molar-refractivity contribution is 0.774. The second-order valence-electron chi connectivity index (χ2n) is 5.28. The maximum Gasteiger partial charge on any atom is 0.133 e. The SMILES string of the molecule is CCNc1nc(C(C)C)nc(-c2ccc(C)nc2)c1C. The largest absolute Gasteiger partial charge is 0.370 e. The number of rotatable bonds is 4. The Morgan fingerprint density at radius 2 is 1.90 bits per heavy atom. The molecule has 0 unspecified atom stereocenters. The first-order chi connectivity index (χ1) is 9.52. The van der Waals surface area contributed by atoms with Crippen molar-refractivity contribution in [1.82, 2.24) is 15.0 Å². The van der Waals surface area contributed by atoms with E-state index in [0.717, 1.165) is 40.7 Å². The van der Waals surface area contributed by atoms with Gasteiger partial charge in [-0.1, -0.05) is 13.8 Å². The molecule has 0 bridgehead atoms. The molecular formula is C16H22N4. The zero-order valence-electron chi connectivity index (χ0n) is 12.9. The number of aromatic nitrogens is 3. The minimum atomic E-state index is 0.296. The lowest BCUT2D eigenvalue weighted by Crippen LogP contribution is -2.09. The third-order valence-corrected chi connectivity index (χ3v) is 3.21. The maximum atomic E-state index is 4.72. The van der Waals surface area contributed by atoms with Gasteiger partial charge in [0.15, 0.2) is 0 Å². The number of nitrogens with one attached hydrogen (secondary N) is 1. The van der Waals surface area contributed by atoms with Crippen molar-refractivity contribution in [2.75, 3.05) is 11.9 Å². The van der Waals surface area contributed by atoms with E-state index in [2.05, 4.69) is 49.0 Å². The van der Waals surface area contributed by atoms with Crippen molar-refractivity contribution < 1.29 is 0 Å². The van der Waals surface area contributed by atoms with Gasteiger partial charge in [0.2, 0.25) is 0 Å². The summed E-state index contributed by atoms with van der Waals surface area (Å²) in [6.45, 7) is 11.2. The van der Waals surface area contributed by atoms with Gasteiger partial charge < -0.3 is 5.32 Å². The fourth-order valence-corrected chi connectivity index (χ4v) is 2.02. The number of pyridine rings is 1. The van der Waals surface area contributed by atoms with Crippen LogP contribution in [0.25, 0.3) is 11.3 Å². The third kappa shape index (κ3) is 2.95. The van der Waals surface area contributed by atoms with E-state index in [9.17, 15) is 0 Å². The predicted molar refractivity (Wildman–Crippen MR) is 83.0 cm³/mol. The molecule has 1 N–H and O–H groups in total. The minimum Gasteiger partial charge on any atom is -0.370 e. The molecule has 0 aliphatic rings. The number of hydrogen-bond donors (Lipinski definition) is 1. The monoisotopic (exact) mass is 270 g/mol. The van der Waals surface area contributed by atoms with Crippen molar-refractivity contribution in [3.63, 3.8) is 0 Å². The predicted octanol–water partition coefficient (Wildman–Crippen LogP) is 3.71. The molecule has 4 heteroatoms. The Balaban J connectivity index is 2.58. The zero-order chi connectivity index (χ0) is 14.7. The summed E-state index contributed by atoms with van der Waals surface area (Å²) >= 11 is 0. The lowest BCUT2D eigenvalue weighted by atomic mass is 10.1. The van der Waals surface area contributed by atoms with Crippen LogP contribution in [-0.2, 0) is 0 Å². The second kappa shape index (κ2) is 5.99. The molecule has 0 amide bonds. The first kappa shape index (κ1) is 14.4. The molecule has 20 heavy (non-hydrogen) atoms. The molecule has 4 nitrogen and oxygen atoms in total. The van der Waals surface area contributed by atoms with Crippen molar-refractivity contribution >= 4 is 5.82 Å². The molecule has 0 saturated heterocycles. The molecular weight excluding hydrogens is 248 g/mol. The van der Waals surface area contributed by atoms with Crippen LogP contribution in [0.2, 0.25) is 0 Å². The maximum absolute atomic E-state index is 4.72. The smallest absolute Gasteiger partial charge is 0.133 e. The molecule has 2 rings (SSSR count). The number of aryl methyl sites for hydroxylation is 1. The first-order valence-corrected chi connectivity index (χ1v) is 7.08. The van der Waals surface area contributed by atoms with Crippen LogP contribution in [0.3, 0.4) is 0 Å². The molecule has 2 aromatic heterocycles.